The number of aryl methyl sites for hydroxylation is 1. The monoisotopic (exact) mass is 190 g/mol. The summed E-state index contributed by atoms with van der Waals surface area (Å²) in [5.41, 5.74) is 0. The molecule has 0 spiro atoms. The molecule has 0 aromatic carbocycles. The molecule has 0 bridgehead atoms. The van der Waals surface area contributed by atoms with Gasteiger partial charge in [0.05, 0.1) is 6.20 Å². The van der Waals surface area contributed by atoms with Gasteiger partial charge in [0.2, 0.25) is 10.0 Å². The molecule has 12 heavy (non-hydrogen) atoms. The van der Waals surface area contributed by atoms with Crippen molar-refractivity contribution in [2.75, 3.05) is 14.1 Å². The minimum Gasteiger partial charge on any atom is -0.360 e. The molecule has 6 heteroatoms. The highest BCUT2D eigenvalue weighted by Gasteiger charge is 2.22. The van der Waals surface area contributed by atoms with Crippen molar-refractivity contribution in [3.05, 3.63) is 12.0 Å². The molecular formula is C6H10N2O3S. The standard InChI is InChI=1S/C6H10N2O3S/c1-5-6(4-7-11-5)12(9,10)8(2)3/h4H,1-3H3. The largest absolute Gasteiger partial charge is 0.360 e. The van der Waals surface area contributed by atoms with Gasteiger partial charge in [0.1, 0.15) is 4.90 Å². The van der Waals surface area contributed by atoms with Crippen LogP contribution in [-0.4, -0.2) is 32.0 Å². The summed E-state index contributed by atoms with van der Waals surface area (Å²) in [5, 5.41) is 3.39. The fourth-order valence-electron chi connectivity index (χ4n) is 0.734. The second kappa shape index (κ2) is 2.87. The van der Waals surface area contributed by atoms with Crippen molar-refractivity contribution in [2.24, 2.45) is 0 Å². The van der Waals surface area contributed by atoms with Crippen LogP contribution in [0.5, 0.6) is 0 Å². The fraction of sp³-hybridized carbons (Fsp3) is 0.500. The Bertz CT molecular complexity index is 366. The van der Waals surface area contributed by atoms with E-state index < -0.39 is 10.0 Å². The van der Waals surface area contributed by atoms with Gasteiger partial charge in [-0.15, -0.1) is 0 Å². The zero-order valence-electron chi connectivity index (χ0n) is 7.10. The van der Waals surface area contributed by atoms with E-state index in [1.165, 1.54) is 20.3 Å². The molecule has 0 unspecified atom stereocenters. The second-order valence-corrected chi connectivity index (χ2v) is 4.65. The average molecular weight is 190 g/mol. The number of hydrogen-bond donors (Lipinski definition) is 0. The molecule has 5 nitrogen and oxygen atoms in total. The smallest absolute Gasteiger partial charge is 0.247 e. The lowest BCUT2D eigenvalue weighted by molar-refractivity contribution is 0.393. The van der Waals surface area contributed by atoms with Gasteiger partial charge in [-0.1, -0.05) is 5.16 Å². The Labute approximate surface area is 71.0 Å². The fourth-order valence-corrected chi connectivity index (χ4v) is 1.70. The third-order valence-corrected chi connectivity index (χ3v) is 3.38. The summed E-state index contributed by atoms with van der Waals surface area (Å²) in [7, 11) is -0.467. The zero-order valence-corrected chi connectivity index (χ0v) is 7.92. The summed E-state index contributed by atoms with van der Waals surface area (Å²) in [5.74, 6) is 0.309. The Morgan fingerprint density at radius 2 is 2.08 bits per heavy atom. The van der Waals surface area contributed by atoms with Gasteiger partial charge in [-0.2, -0.15) is 0 Å². The zero-order chi connectivity index (χ0) is 9.35. The van der Waals surface area contributed by atoms with Crippen molar-refractivity contribution in [3.63, 3.8) is 0 Å². The van der Waals surface area contributed by atoms with Crippen LogP contribution in [0.4, 0.5) is 0 Å². The van der Waals surface area contributed by atoms with E-state index in [0.29, 0.717) is 5.76 Å². The van der Waals surface area contributed by atoms with Crippen LogP contribution in [0.2, 0.25) is 0 Å². The highest BCUT2D eigenvalue weighted by molar-refractivity contribution is 7.89. The van der Waals surface area contributed by atoms with Gasteiger partial charge >= 0.3 is 0 Å². The minimum atomic E-state index is -3.39. The van der Waals surface area contributed by atoms with Gasteiger partial charge in [-0.25, -0.2) is 12.7 Å². The van der Waals surface area contributed by atoms with Gasteiger partial charge in [-0.05, 0) is 6.92 Å². The number of rotatable bonds is 2. The number of hydrogen-bond acceptors (Lipinski definition) is 4. The lowest BCUT2D eigenvalue weighted by Crippen LogP contribution is -2.22. The Hall–Kier alpha value is -0.880. The Morgan fingerprint density at radius 1 is 1.50 bits per heavy atom. The van der Waals surface area contributed by atoms with Gasteiger partial charge in [0, 0.05) is 14.1 Å². The van der Waals surface area contributed by atoms with Crippen LogP contribution in [0.1, 0.15) is 5.76 Å². The number of nitrogens with zero attached hydrogens (tertiary/aromatic N) is 2. The first kappa shape index (κ1) is 9.21. The molecule has 0 fully saturated rings. The molecule has 0 atom stereocenters. The Balaban J connectivity index is 3.24. The van der Waals surface area contributed by atoms with Crippen LogP contribution in [0, 0.1) is 6.92 Å². The lowest BCUT2D eigenvalue weighted by atomic mass is 10.5. The molecule has 0 aliphatic rings. The van der Waals surface area contributed by atoms with E-state index in [9.17, 15) is 8.42 Å². The van der Waals surface area contributed by atoms with E-state index in [0.717, 1.165) is 4.31 Å². The molecule has 0 aliphatic carbocycles. The van der Waals surface area contributed by atoms with Crippen molar-refractivity contribution >= 4 is 10.0 Å². The van der Waals surface area contributed by atoms with Gasteiger partial charge in [-0.3, -0.25) is 0 Å². The first-order valence-corrected chi connectivity index (χ1v) is 4.74. The van der Waals surface area contributed by atoms with E-state index in [1.54, 1.807) is 6.92 Å². The topological polar surface area (TPSA) is 63.4 Å². The summed E-state index contributed by atoms with van der Waals surface area (Å²) >= 11 is 0. The molecule has 0 N–H and O–H groups in total. The third-order valence-electron chi connectivity index (χ3n) is 1.47. The van der Waals surface area contributed by atoms with Crippen LogP contribution in [0.15, 0.2) is 15.6 Å². The van der Waals surface area contributed by atoms with E-state index in [4.69, 9.17) is 0 Å². The van der Waals surface area contributed by atoms with Gasteiger partial charge < -0.3 is 4.52 Å². The van der Waals surface area contributed by atoms with Crippen molar-refractivity contribution in [1.82, 2.24) is 9.46 Å². The average Bonchev–Trinajstić information content (AvgIpc) is 2.35. The summed E-state index contributed by atoms with van der Waals surface area (Å²) in [6.45, 7) is 1.56. The molecule has 0 saturated carbocycles. The summed E-state index contributed by atoms with van der Waals surface area (Å²) in [6.07, 6.45) is 1.20. The minimum absolute atomic E-state index is 0.118. The quantitative estimate of drug-likeness (QED) is 0.669. The normalized spacial score (nSPS) is 12.3. The maximum Gasteiger partial charge on any atom is 0.247 e. The molecule has 0 amide bonds. The Kier molecular flexibility index (Phi) is 2.20. The molecule has 1 rings (SSSR count). The van der Waals surface area contributed by atoms with Crippen molar-refractivity contribution in [3.8, 4) is 0 Å². The van der Waals surface area contributed by atoms with Crippen LogP contribution < -0.4 is 0 Å². The SMILES string of the molecule is Cc1oncc1S(=O)(=O)N(C)C. The Morgan fingerprint density at radius 3 is 2.42 bits per heavy atom. The lowest BCUT2D eigenvalue weighted by Gasteiger charge is -2.08. The second-order valence-electron chi connectivity index (χ2n) is 2.53. The predicted octanol–water partition coefficient (Wildman–Crippen LogP) is 0.233. The molecule has 1 aromatic rings. The number of aromatic nitrogens is 1. The predicted molar refractivity (Wildman–Crippen MR) is 42.1 cm³/mol. The van der Waals surface area contributed by atoms with Crippen LogP contribution in [0.25, 0.3) is 0 Å². The summed E-state index contributed by atoms with van der Waals surface area (Å²) in [4.78, 5) is 0.118. The molecule has 0 radical (unpaired) electrons. The maximum absolute atomic E-state index is 11.4. The maximum atomic E-state index is 11.4. The third kappa shape index (κ3) is 1.35. The van der Waals surface area contributed by atoms with Gasteiger partial charge in [0.15, 0.2) is 5.76 Å². The van der Waals surface area contributed by atoms with E-state index >= 15 is 0 Å². The molecular weight excluding hydrogens is 180 g/mol. The van der Waals surface area contributed by atoms with Gasteiger partial charge in [0.25, 0.3) is 0 Å². The van der Waals surface area contributed by atoms with E-state index in [1.807, 2.05) is 0 Å². The van der Waals surface area contributed by atoms with Crippen LogP contribution >= 0.6 is 0 Å². The highest BCUT2D eigenvalue weighted by Crippen LogP contribution is 2.16. The molecule has 68 valence electrons. The molecule has 0 saturated heterocycles. The first-order valence-electron chi connectivity index (χ1n) is 3.30. The van der Waals surface area contributed by atoms with E-state index in [-0.39, 0.29) is 4.90 Å². The van der Waals surface area contributed by atoms with E-state index in [2.05, 4.69) is 9.68 Å². The molecule has 1 aromatic heterocycles. The van der Waals surface area contributed by atoms with Crippen molar-refractivity contribution in [1.29, 1.82) is 0 Å². The molecule has 1 heterocycles. The highest BCUT2D eigenvalue weighted by atomic mass is 32.2. The van der Waals surface area contributed by atoms with Crippen molar-refractivity contribution in [2.45, 2.75) is 11.8 Å². The summed E-state index contributed by atoms with van der Waals surface area (Å²) in [6, 6.07) is 0. The van der Waals surface area contributed by atoms with Crippen LogP contribution in [0.3, 0.4) is 0 Å². The number of sulfonamides is 1. The summed E-state index contributed by atoms with van der Waals surface area (Å²) < 4.78 is 28.6. The van der Waals surface area contributed by atoms with Crippen LogP contribution in [-0.2, 0) is 10.0 Å². The first-order chi connectivity index (χ1) is 5.46. The molecule has 0 aliphatic heterocycles. The van der Waals surface area contributed by atoms with Crippen molar-refractivity contribution < 1.29 is 12.9 Å².